The van der Waals surface area contributed by atoms with E-state index in [0.717, 1.165) is 35.2 Å². The van der Waals surface area contributed by atoms with Gasteiger partial charge in [0.05, 0.1) is 11.9 Å². The number of hydrogen-bond donors (Lipinski definition) is 2. The Morgan fingerprint density at radius 2 is 1.70 bits per heavy atom. The van der Waals surface area contributed by atoms with E-state index in [-0.39, 0.29) is 0 Å². The SMILES string of the molecule is S=C(NCc1ccccc1Cl)Nc1ccc(N2Cc3ccccc3C2)nc1. The van der Waals surface area contributed by atoms with Crippen molar-refractivity contribution >= 4 is 40.4 Å². The molecule has 0 saturated heterocycles. The van der Waals surface area contributed by atoms with E-state index in [1.807, 2.05) is 42.6 Å². The summed E-state index contributed by atoms with van der Waals surface area (Å²) in [4.78, 5) is 6.85. The van der Waals surface area contributed by atoms with Crippen LogP contribution in [0.15, 0.2) is 66.9 Å². The van der Waals surface area contributed by atoms with Crippen molar-refractivity contribution < 1.29 is 0 Å². The number of halogens is 1. The molecule has 0 atom stereocenters. The Morgan fingerprint density at radius 1 is 1.00 bits per heavy atom. The van der Waals surface area contributed by atoms with E-state index in [9.17, 15) is 0 Å². The van der Waals surface area contributed by atoms with Crippen molar-refractivity contribution in [2.24, 2.45) is 0 Å². The fraction of sp³-hybridized carbons (Fsp3) is 0.143. The molecule has 27 heavy (non-hydrogen) atoms. The summed E-state index contributed by atoms with van der Waals surface area (Å²) >= 11 is 11.5. The fourth-order valence-electron chi connectivity index (χ4n) is 3.13. The first-order chi connectivity index (χ1) is 13.2. The van der Waals surface area contributed by atoms with Gasteiger partial charge in [0.2, 0.25) is 0 Å². The van der Waals surface area contributed by atoms with Crippen LogP contribution in [0.1, 0.15) is 16.7 Å². The molecular weight excluding hydrogens is 376 g/mol. The zero-order chi connectivity index (χ0) is 18.6. The van der Waals surface area contributed by atoms with Crippen molar-refractivity contribution in [3.63, 3.8) is 0 Å². The molecule has 4 rings (SSSR count). The number of hydrogen-bond acceptors (Lipinski definition) is 3. The van der Waals surface area contributed by atoms with Gasteiger partial charge in [0.25, 0.3) is 0 Å². The van der Waals surface area contributed by atoms with Crippen molar-refractivity contribution in [2.75, 3.05) is 10.2 Å². The fourth-order valence-corrected chi connectivity index (χ4v) is 3.53. The molecule has 0 fully saturated rings. The molecule has 3 aromatic rings. The Labute approximate surface area is 169 Å². The highest BCUT2D eigenvalue weighted by Gasteiger charge is 2.19. The molecule has 2 aromatic carbocycles. The predicted octanol–water partition coefficient (Wildman–Crippen LogP) is 4.74. The molecule has 6 heteroatoms. The van der Waals surface area contributed by atoms with Gasteiger partial charge >= 0.3 is 0 Å². The number of benzene rings is 2. The van der Waals surface area contributed by atoms with Crippen molar-refractivity contribution in [3.8, 4) is 0 Å². The Balaban J connectivity index is 1.33. The maximum absolute atomic E-state index is 6.16. The maximum atomic E-state index is 6.16. The number of thiocarbonyl (C=S) groups is 1. The largest absolute Gasteiger partial charge is 0.358 e. The second kappa shape index (κ2) is 7.94. The molecule has 0 spiro atoms. The lowest BCUT2D eigenvalue weighted by Crippen LogP contribution is -2.28. The molecule has 1 aliphatic rings. The van der Waals surface area contributed by atoms with Crippen LogP contribution in [-0.2, 0) is 19.6 Å². The van der Waals surface area contributed by atoms with Crippen LogP contribution in [-0.4, -0.2) is 10.1 Å². The summed E-state index contributed by atoms with van der Waals surface area (Å²) in [5, 5.41) is 7.60. The molecule has 2 heterocycles. The first-order valence-corrected chi connectivity index (χ1v) is 9.54. The van der Waals surface area contributed by atoms with Gasteiger partial charge in [-0.25, -0.2) is 4.98 Å². The summed E-state index contributed by atoms with van der Waals surface area (Å²) in [6, 6.07) is 20.2. The van der Waals surface area contributed by atoms with Crippen LogP contribution >= 0.6 is 23.8 Å². The number of nitrogens with zero attached hydrogens (tertiary/aromatic N) is 2. The number of rotatable bonds is 4. The molecule has 0 amide bonds. The third-order valence-corrected chi connectivity index (χ3v) is 5.18. The summed E-state index contributed by atoms with van der Waals surface area (Å²) in [6.07, 6.45) is 1.81. The Bertz CT molecular complexity index is 933. The summed E-state index contributed by atoms with van der Waals surface area (Å²) in [7, 11) is 0. The lowest BCUT2D eigenvalue weighted by atomic mass is 10.1. The standard InChI is InChI=1S/C21H19ClN4S/c22-19-8-4-3-5-15(19)11-24-21(27)25-18-9-10-20(23-12-18)26-13-16-6-1-2-7-17(16)14-26/h1-10,12H,11,13-14H2,(H2,24,25,27). The number of pyridine rings is 1. The van der Waals surface area contributed by atoms with Crippen LogP contribution in [0.2, 0.25) is 5.02 Å². The van der Waals surface area contributed by atoms with Crippen molar-refractivity contribution in [1.29, 1.82) is 0 Å². The smallest absolute Gasteiger partial charge is 0.171 e. The van der Waals surface area contributed by atoms with Crippen LogP contribution in [0.4, 0.5) is 11.5 Å². The van der Waals surface area contributed by atoms with Crippen LogP contribution < -0.4 is 15.5 Å². The monoisotopic (exact) mass is 394 g/mol. The zero-order valence-corrected chi connectivity index (χ0v) is 16.2. The molecule has 0 saturated carbocycles. The molecule has 0 radical (unpaired) electrons. The van der Waals surface area contributed by atoms with Crippen molar-refractivity contribution in [1.82, 2.24) is 10.3 Å². The van der Waals surface area contributed by atoms with Crippen LogP contribution in [0.3, 0.4) is 0 Å². The lowest BCUT2D eigenvalue weighted by Gasteiger charge is -2.17. The molecular formula is C21H19ClN4S. The van der Waals surface area contributed by atoms with E-state index >= 15 is 0 Å². The van der Waals surface area contributed by atoms with Crippen LogP contribution in [0.5, 0.6) is 0 Å². The van der Waals surface area contributed by atoms with Gasteiger partial charge < -0.3 is 15.5 Å². The van der Waals surface area contributed by atoms with Gasteiger partial charge in [-0.1, -0.05) is 54.1 Å². The van der Waals surface area contributed by atoms with Gasteiger partial charge in [-0.2, -0.15) is 0 Å². The molecule has 0 unspecified atom stereocenters. The average molecular weight is 395 g/mol. The highest BCUT2D eigenvalue weighted by atomic mass is 35.5. The summed E-state index contributed by atoms with van der Waals surface area (Å²) < 4.78 is 0. The lowest BCUT2D eigenvalue weighted by molar-refractivity contribution is 0.857. The molecule has 1 aromatic heterocycles. The topological polar surface area (TPSA) is 40.2 Å². The van der Waals surface area contributed by atoms with Crippen molar-refractivity contribution in [3.05, 3.63) is 88.6 Å². The number of anilines is 2. The Morgan fingerprint density at radius 3 is 2.37 bits per heavy atom. The first-order valence-electron chi connectivity index (χ1n) is 8.75. The molecule has 136 valence electrons. The van der Waals surface area contributed by atoms with Gasteiger partial charge in [-0.3, -0.25) is 0 Å². The second-order valence-corrected chi connectivity index (χ2v) is 7.24. The maximum Gasteiger partial charge on any atom is 0.171 e. The molecule has 2 N–H and O–H groups in total. The molecule has 0 aliphatic carbocycles. The number of fused-ring (bicyclic) bond motifs is 1. The summed E-state index contributed by atoms with van der Waals surface area (Å²) in [6.45, 7) is 2.37. The highest BCUT2D eigenvalue weighted by molar-refractivity contribution is 7.80. The normalized spacial score (nSPS) is 12.6. The van der Waals surface area contributed by atoms with Gasteiger partial charge in [0, 0.05) is 24.7 Å². The van der Waals surface area contributed by atoms with Gasteiger partial charge in [0.15, 0.2) is 5.11 Å². The quantitative estimate of drug-likeness (QED) is 0.625. The Hall–Kier alpha value is -2.63. The predicted molar refractivity (Wildman–Crippen MR) is 115 cm³/mol. The first kappa shape index (κ1) is 17.8. The second-order valence-electron chi connectivity index (χ2n) is 6.43. The third-order valence-electron chi connectivity index (χ3n) is 4.57. The molecule has 4 nitrogen and oxygen atoms in total. The van der Waals surface area contributed by atoms with E-state index in [2.05, 4.69) is 44.8 Å². The number of aromatic nitrogens is 1. The van der Waals surface area contributed by atoms with E-state index in [1.165, 1.54) is 11.1 Å². The minimum absolute atomic E-state index is 0.540. The van der Waals surface area contributed by atoms with E-state index in [4.69, 9.17) is 23.8 Å². The third kappa shape index (κ3) is 4.21. The van der Waals surface area contributed by atoms with E-state index < -0.39 is 0 Å². The average Bonchev–Trinajstić information content (AvgIpc) is 3.12. The molecule has 1 aliphatic heterocycles. The van der Waals surface area contributed by atoms with E-state index in [0.29, 0.717) is 11.7 Å². The Kier molecular flexibility index (Phi) is 5.23. The highest BCUT2D eigenvalue weighted by Crippen LogP contribution is 2.27. The van der Waals surface area contributed by atoms with Crippen LogP contribution in [0, 0.1) is 0 Å². The number of nitrogens with one attached hydrogen (secondary N) is 2. The summed E-state index contributed by atoms with van der Waals surface area (Å²) in [5.41, 5.74) is 4.59. The van der Waals surface area contributed by atoms with Crippen molar-refractivity contribution in [2.45, 2.75) is 19.6 Å². The van der Waals surface area contributed by atoms with E-state index in [1.54, 1.807) is 0 Å². The van der Waals surface area contributed by atoms with Gasteiger partial charge in [-0.05, 0) is 47.1 Å². The van der Waals surface area contributed by atoms with Crippen LogP contribution in [0.25, 0.3) is 0 Å². The molecule has 0 bridgehead atoms. The minimum atomic E-state index is 0.540. The van der Waals surface area contributed by atoms with Gasteiger partial charge in [-0.15, -0.1) is 0 Å². The van der Waals surface area contributed by atoms with Gasteiger partial charge in [0.1, 0.15) is 5.82 Å². The summed E-state index contributed by atoms with van der Waals surface area (Å²) in [5.74, 6) is 0.965. The minimum Gasteiger partial charge on any atom is -0.358 e. The zero-order valence-electron chi connectivity index (χ0n) is 14.7.